The minimum absolute atomic E-state index is 0.200. The van der Waals surface area contributed by atoms with Crippen molar-refractivity contribution in [1.82, 2.24) is 0 Å². The van der Waals surface area contributed by atoms with Crippen LogP contribution in [0.5, 0.6) is 5.75 Å². The van der Waals surface area contributed by atoms with Crippen molar-refractivity contribution in [2.75, 3.05) is 24.2 Å². The zero-order chi connectivity index (χ0) is 11.2. The zero-order valence-electron chi connectivity index (χ0n) is 9.79. The number of aryl methyl sites for hydroxylation is 2. The van der Waals surface area contributed by atoms with E-state index in [9.17, 15) is 0 Å². The quantitative estimate of drug-likeness (QED) is 0.661. The standard InChI is InChI=1S/C12H18N2O/c1-7-5-8(2)11-12(10(7)13)15-9(3)6-14(11)4/h5,9H,6,13H2,1-4H3. The molecular formula is C12H18N2O. The predicted octanol–water partition coefficient (Wildman–Crippen LogP) is 2.10. The van der Waals surface area contributed by atoms with Crippen molar-refractivity contribution in [2.45, 2.75) is 26.9 Å². The topological polar surface area (TPSA) is 38.5 Å². The van der Waals surface area contributed by atoms with Gasteiger partial charge in [-0.25, -0.2) is 0 Å². The summed E-state index contributed by atoms with van der Waals surface area (Å²) in [7, 11) is 2.08. The smallest absolute Gasteiger partial charge is 0.166 e. The number of hydrogen-bond acceptors (Lipinski definition) is 3. The van der Waals surface area contributed by atoms with E-state index in [2.05, 4.69) is 31.9 Å². The molecule has 0 spiro atoms. The van der Waals surface area contributed by atoms with Crippen LogP contribution in [-0.2, 0) is 0 Å². The maximum absolute atomic E-state index is 6.05. The van der Waals surface area contributed by atoms with Crippen LogP contribution in [0.25, 0.3) is 0 Å². The van der Waals surface area contributed by atoms with E-state index in [0.717, 1.165) is 29.2 Å². The normalized spacial score (nSPS) is 19.7. The molecule has 0 aliphatic carbocycles. The van der Waals surface area contributed by atoms with Crippen LogP contribution in [0, 0.1) is 13.8 Å². The summed E-state index contributed by atoms with van der Waals surface area (Å²) in [5.41, 5.74) is 10.3. The number of nitrogens with zero attached hydrogens (tertiary/aromatic N) is 1. The Morgan fingerprint density at radius 3 is 2.73 bits per heavy atom. The minimum atomic E-state index is 0.200. The van der Waals surface area contributed by atoms with E-state index in [4.69, 9.17) is 10.5 Å². The minimum Gasteiger partial charge on any atom is -0.485 e. The number of benzene rings is 1. The molecule has 1 aliphatic rings. The van der Waals surface area contributed by atoms with E-state index in [1.165, 1.54) is 5.56 Å². The van der Waals surface area contributed by atoms with E-state index >= 15 is 0 Å². The van der Waals surface area contributed by atoms with Crippen molar-refractivity contribution in [2.24, 2.45) is 0 Å². The first-order valence-corrected chi connectivity index (χ1v) is 5.28. The van der Waals surface area contributed by atoms with Crippen LogP contribution in [0.4, 0.5) is 11.4 Å². The van der Waals surface area contributed by atoms with Gasteiger partial charge >= 0.3 is 0 Å². The van der Waals surface area contributed by atoms with Gasteiger partial charge in [0.05, 0.1) is 17.9 Å². The molecule has 0 radical (unpaired) electrons. The number of nitrogens with two attached hydrogens (primary N) is 1. The molecule has 1 aliphatic heterocycles. The summed E-state index contributed by atoms with van der Waals surface area (Å²) >= 11 is 0. The third-order valence-electron chi connectivity index (χ3n) is 2.92. The molecule has 82 valence electrons. The molecule has 2 rings (SSSR count). The lowest BCUT2D eigenvalue weighted by Gasteiger charge is -2.34. The molecule has 0 fully saturated rings. The molecule has 1 unspecified atom stereocenters. The molecule has 2 N–H and O–H groups in total. The highest BCUT2D eigenvalue weighted by molar-refractivity contribution is 5.77. The summed E-state index contributed by atoms with van der Waals surface area (Å²) in [6, 6.07) is 2.12. The van der Waals surface area contributed by atoms with Crippen LogP contribution in [0.2, 0.25) is 0 Å². The number of ether oxygens (including phenoxy) is 1. The summed E-state index contributed by atoms with van der Waals surface area (Å²) < 4.78 is 5.83. The van der Waals surface area contributed by atoms with Crippen molar-refractivity contribution in [3.63, 3.8) is 0 Å². The SMILES string of the molecule is Cc1cc(C)c2c(c1N)OC(C)CN2C. The highest BCUT2D eigenvalue weighted by Gasteiger charge is 2.24. The van der Waals surface area contributed by atoms with Gasteiger partial charge in [-0.05, 0) is 31.9 Å². The van der Waals surface area contributed by atoms with Crippen LogP contribution in [0.1, 0.15) is 18.1 Å². The Balaban J connectivity index is 2.63. The van der Waals surface area contributed by atoms with Crippen molar-refractivity contribution in [1.29, 1.82) is 0 Å². The maximum atomic E-state index is 6.05. The predicted molar refractivity (Wildman–Crippen MR) is 63.7 cm³/mol. The highest BCUT2D eigenvalue weighted by atomic mass is 16.5. The molecule has 3 heteroatoms. The first-order chi connectivity index (χ1) is 7.00. The van der Waals surface area contributed by atoms with Crippen molar-refractivity contribution in [3.05, 3.63) is 17.2 Å². The molecular weight excluding hydrogens is 188 g/mol. The Bertz CT molecular complexity index is 401. The lowest BCUT2D eigenvalue weighted by atomic mass is 10.0. The molecule has 0 saturated carbocycles. The second-order valence-electron chi connectivity index (χ2n) is 4.41. The summed E-state index contributed by atoms with van der Waals surface area (Å²) in [6.45, 7) is 7.10. The van der Waals surface area contributed by atoms with Gasteiger partial charge in [0.15, 0.2) is 5.75 Å². The lowest BCUT2D eigenvalue weighted by molar-refractivity contribution is 0.216. The zero-order valence-corrected chi connectivity index (χ0v) is 9.79. The maximum Gasteiger partial charge on any atom is 0.166 e. The molecule has 0 aromatic heterocycles. The van der Waals surface area contributed by atoms with E-state index in [0.29, 0.717) is 0 Å². The molecule has 1 aromatic carbocycles. The number of likely N-dealkylation sites (N-methyl/N-ethyl adjacent to an activating group) is 1. The molecule has 1 atom stereocenters. The molecule has 0 saturated heterocycles. The Morgan fingerprint density at radius 2 is 2.07 bits per heavy atom. The van der Waals surface area contributed by atoms with E-state index in [1.54, 1.807) is 0 Å². The fourth-order valence-electron chi connectivity index (χ4n) is 2.27. The fourth-order valence-corrected chi connectivity index (χ4v) is 2.27. The highest BCUT2D eigenvalue weighted by Crippen LogP contribution is 2.41. The molecule has 15 heavy (non-hydrogen) atoms. The largest absolute Gasteiger partial charge is 0.485 e. The molecule has 0 bridgehead atoms. The number of nitrogen functional groups attached to an aromatic ring is 1. The summed E-state index contributed by atoms with van der Waals surface area (Å²) in [6.07, 6.45) is 0.200. The van der Waals surface area contributed by atoms with Gasteiger partial charge < -0.3 is 15.4 Å². The Labute approximate surface area is 90.8 Å². The first-order valence-electron chi connectivity index (χ1n) is 5.28. The van der Waals surface area contributed by atoms with Crippen molar-refractivity contribution < 1.29 is 4.74 Å². The van der Waals surface area contributed by atoms with Crippen LogP contribution < -0.4 is 15.4 Å². The van der Waals surface area contributed by atoms with Crippen LogP contribution in [0.15, 0.2) is 6.07 Å². The monoisotopic (exact) mass is 206 g/mol. The Hall–Kier alpha value is -1.38. The van der Waals surface area contributed by atoms with Gasteiger partial charge in [0, 0.05) is 7.05 Å². The molecule has 0 amide bonds. The van der Waals surface area contributed by atoms with Crippen LogP contribution in [-0.4, -0.2) is 19.7 Å². The first kappa shape index (κ1) is 10.1. The van der Waals surface area contributed by atoms with Gasteiger partial charge in [-0.3, -0.25) is 0 Å². The summed E-state index contributed by atoms with van der Waals surface area (Å²) in [5, 5.41) is 0. The van der Waals surface area contributed by atoms with E-state index in [-0.39, 0.29) is 6.10 Å². The third-order valence-corrected chi connectivity index (χ3v) is 2.92. The van der Waals surface area contributed by atoms with Crippen LogP contribution in [0.3, 0.4) is 0 Å². The Morgan fingerprint density at radius 1 is 1.40 bits per heavy atom. The number of rotatable bonds is 0. The third kappa shape index (κ3) is 1.52. The molecule has 1 aromatic rings. The van der Waals surface area contributed by atoms with Gasteiger partial charge in [0.1, 0.15) is 6.10 Å². The average Bonchev–Trinajstić information content (AvgIpc) is 2.12. The number of fused-ring (bicyclic) bond motifs is 1. The molecule has 1 heterocycles. The Kier molecular flexibility index (Phi) is 2.25. The average molecular weight is 206 g/mol. The van der Waals surface area contributed by atoms with Gasteiger partial charge in [-0.15, -0.1) is 0 Å². The van der Waals surface area contributed by atoms with Gasteiger partial charge in [0.2, 0.25) is 0 Å². The van der Waals surface area contributed by atoms with Gasteiger partial charge in [0.25, 0.3) is 0 Å². The lowest BCUT2D eigenvalue weighted by Crippen LogP contribution is -2.36. The number of anilines is 2. The van der Waals surface area contributed by atoms with Gasteiger partial charge in [-0.2, -0.15) is 0 Å². The van der Waals surface area contributed by atoms with E-state index in [1.807, 2.05) is 6.92 Å². The van der Waals surface area contributed by atoms with Gasteiger partial charge in [-0.1, -0.05) is 6.07 Å². The van der Waals surface area contributed by atoms with Crippen molar-refractivity contribution >= 4 is 11.4 Å². The molecule has 3 nitrogen and oxygen atoms in total. The number of hydrogen-bond donors (Lipinski definition) is 1. The van der Waals surface area contributed by atoms with E-state index < -0.39 is 0 Å². The second kappa shape index (κ2) is 3.33. The van der Waals surface area contributed by atoms with Crippen molar-refractivity contribution in [3.8, 4) is 5.75 Å². The van der Waals surface area contributed by atoms with Crippen LogP contribution >= 0.6 is 0 Å². The summed E-state index contributed by atoms with van der Waals surface area (Å²) in [4.78, 5) is 2.22. The fraction of sp³-hybridized carbons (Fsp3) is 0.500. The second-order valence-corrected chi connectivity index (χ2v) is 4.41. The summed E-state index contributed by atoms with van der Waals surface area (Å²) in [5.74, 6) is 0.855.